The van der Waals surface area contributed by atoms with Crippen molar-refractivity contribution < 1.29 is 28.5 Å². The minimum atomic E-state index is -0.521. The SMILES string of the molecule is CCN(CC)CCCNC(=O)[C@H]1CCC(=O)N(c2cc(OC)c(OC)c(OC)c2)[C@H]1c1ccc(OC)cc1. The zero-order valence-electron chi connectivity index (χ0n) is 23.4. The second kappa shape index (κ2) is 13.9. The van der Waals surface area contributed by atoms with Gasteiger partial charge < -0.3 is 34.1 Å². The van der Waals surface area contributed by atoms with Gasteiger partial charge in [0.05, 0.1) is 46.1 Å². The Kier molecular flexibility index (Phi) is 10.6. The zero-order chi connectivity index (χ0) is 27.7. The van der Waals surface area contributed by atoms with Gasteiger partial charge in [0.25, 0.3) is 0 Å². The molecule has 1 aliphatic heterocycles. The van der Waals surface area contributed by atoms with Crippen LogP contribution in [0.4, 0.5) is 5.69 Å². The van der Waals surface area contributed by atoms with E-state index in [2.05, 4.69) is 24.1 Å². The van der Waals surface area contributed by atoms with Gasteiger partial charge in [0, 0.05) is 25.1 Å². The van der Waals surface area contributed by atoms with E-state index >= 15 is 0 Å². The molecule has 1 aliphatic rings. The molecule has 2 atom stereocenters. The Morgan fingerprint density at radius 3 is 2.13 bits per heavy atom. The van der Waals surface area contributed by atoms with Crippen LogP contribution in [0, 0.1) is 5.92 Å². The summed E-state index contributed by atoms with van der Waals surface area (Å²) in [5.41, 5.74) is 1.42. The molecule has 9 heteroatoms. The molecule has 2 aromatic rings. The van der Waals surface area contributed by atoms with Crippen LogP contribution >= 0.6 is 0 Å². The number of carbonyl (C=O) groups excluding carboxylic acids is 2. The third kappa shape index (κ3) is 6.51. The summed E-state index contributed by atoms with van der Waals surface area (Å²) >= 11 is 0. The molecule has 38 heavy (non-hydrogen) atoms. The summed E-state index contributed by atoms with van der Waals surface area (Å²) in [7, 11) is 6.21. The molecule has 0 spiro atoms. The van der Waals surface area contributed by atoms with Gasteiger partial charge in [-0.1, -0.05) is 26.0 Å². The van der Waals surface area contributed by atoms with Gasteiger partial charge >= 0.3 is 0 Å². The lowest BCUT2D eigenvalue weighted by Crippen LogP contribution is -2.48. The largest absolute Gasteiger partial charge is 0.497 e. The number of nitrogens with one attached hydrogen (secondary N) is 1. The summed E-state index contributed by atoms with van der Waals surface area (Å²) in [6.07, 6.45) is 1.57. The van der Waals surface area contributed by atoms with E-state index in [1.54, 1.807) is 24.1 Å². The molecule has 9 nitrogen and oxygen atoms in total. The maximum Gasteiger partial charge on any atom is 0.227 e. The fraction of sp³-hybridized carbons (Fsp3) is 0.517. The van der Waals surface area contributed by atoms with Crippen molar-refractivity contribution >= 4 is 17.5 Å². The van der Waals surface area contributed by atoms with E-state index in [-0.39, 0.29) is 18.2 Å². The first kappa shape index (κ1) is 29.1. The van der Waals surface area contributed by atoms with Gasteiger partial charge in [-0.3, -0.25) is 9.59 Å². The third-order valence-electron chi connectivity index (χ3n) is 7.16. The number of hydrogen-bond donors (Lipinski definition) is 1. The smallest absolute Gasteiger partial charge is 0.227 e. The van der Waals surface area contributed by atoms with Crippen LogP contribution < -0.4 is 29.2 Å². The van der Waals surface area contributed by atoms with E-state index in [9.17, 15) is 9.59 Å². The van der Waals surface area contributed by atoms with Crippen LogP contribution in [0.5, 0.6) is 23.0 Å². The van der Waals surface area contributed by atoms with Gasteiger partial charge in [0.1, 0.15) is 5.75 Å². The molecule has 3 rings (SSSR count). The van der Waals surface area contributed by atoms with Crippen LogP contribution in [0.3, 0.4) is 0 Å². The minimum Gasteiger partial charge on any atom is -0.497 e. The normalized spacial score (nSPS) is 17.3. The average molecular weight is 528 g/mol. The standard InChI is InChI=1S/C29H41N3O6/c1-7-31(8-2)17-9-16-30-29(34)23-14-15-26(33)32(27(23)20-10-12-22(35-3)13-11-20)21-18-24(36-4)28(38-6)25(19-21)37-5/h10-13,18-19,23,27H,7-9,14-17H2,1-6H3,(H,30,34)/t23-,27-/m0/s1. The van der Waals surface area contributed by atoms with E-state index in [1.807, 2.05) is 24.3 Å². The maximum atomic E-state index is 13.6. The van der Waals surface area contributed by atoms with E-state index in [0.29, 0.717) is 41.7 Å². The summed E-state index contributed by atoms with van der Waals surface area (Å²) < 4.78 is 21.9. The molecule has 0 bridgehead atoms. The molecule has 1 saturated heterocycles. The van der Waals surface area contributed by atoms with Crippen molar-refractivity contribution in [1.29, 1.82) is 0 Å². The summed E-state index contributed by atoms with van der Waals surface area (Å²) in [5, 5.41) is 3.13. The first-order chi connectivity index (χ1) is 18.4. The van der Waals surface area contributed by atoms with Gasteiger partial charge in [-0.25, -0.2) is 0 Å². The Morgan fingerprint density at radius 1 is 0.974 bits per heavy atom. The molecule has 0 aliphatic carbocycles. The highest BCUT2D eigenvalue weighted by Crippen LogP contribution is 2.46. The zero-order valence-corrected chi connectivity index (χ0v) is 23.4. The second-order valence-electron chi connectivity index (χ2n) is 9.18. The van der Waals surface area contributed by atoms with Gasteiger partial charge in [-0.05, 0) is 50.2 Å². The number of rotatable bonds is 13. The first-order valence-electron chi connectivity index (χ1n) is 13.2. The molecule has 0 unspecified atom stereocenters. The molecule has 0 radical (unpaired) electrons. The Labute approximate surface area is 226 Å². The van der Waals surface area contributed by atoms with Crippen molar-refractivity contribution in [2.75, 3.05) is 59.5 Å². The molecular formula is C29H41N3O6. The van der Waals surface area contributed by atoms with Crippen LogP contribution in [0.2, 0.25) is 0 Å². The van der Waals surface area contributed by atoms with Crippen molar-refractivity contribution in [3.63, 3.8) is 0 Å². The van der Waals surface area contributed by atoms with E-state index < -0.39 is 12.0 Å². The number of piperidine rings is 1. The first-order valence-corrected chi connectivity index (χ1v) is 13.2. The summed E-state index contributed by atoms with van der Waals surface area (Å²) in [6.45, 7) is 7.75. The van der Waals surface area contributed by atoms with Gasteiger partial charge in [-0.2, -0.15) is 0 Å². The summed E-state index contributed by atoms with van der Waals surface area (Å²) in [5.74, 6) is 1.44. The van der Waals surface area contributed by atoms with Crippen LogP contribution in [-0.2, 0) is 9.59 Å². The predicted molar refractivity (Wildman–Crippen MR) is 147 cm³/mol. The van der Waals surface area contributed by atoms with Crippen molar-refractivity contribution in [2.45, 2.75) is 39.2 Å². The lowest BCUT2D eigenvalue weighted by molar-refractivity contribution is -0.129. The molecular weight excluding hydrogens is 486 g/mol. The molecule has 208 valence electrons. The van der Waals surface area contributed by atoms with Gasteiger partial charge in [0.15, 0.2) is 11.5 Å². The summed E-state index contributed by atoms with van der Waals surface area (Å²) in [6, 6.07) is 10.5. The lowest BCUT2D eigenvalue weighted by Gasteiger charge is -2.41. The van der Waals surface area contributed by atoms with E-state index in [1.165, 1.54) is 21.3 Å². The molecule has 2 aromatic carbocycles. The fourth-order valence-electron chi connectivity index (χ4n) is 5.05. The Morgan fingerprint density at radius 2 is 1.61 bits per heavy atom. The van der Waals surface area contributed by atoms with Crippen molar-refractivity contribution in [3.05, 3.63) is 42.0 Å². The van der Waals surface area contributed by atoms with Crippen LogP contribution in [0.15, 0.2) is 36.4 Å². The average Bonchev–Trinajstić information content (AvgIpc) is 2.96. The number of carbonyl (C=O) groups is 2. The number of ether oxygens (including phenoxy) is 4. The van der Waals surface area contributed by atoms with Crippen molar-refractivity contribution in [2.24, 2.45) is 5.92 Å². The Balaban J connectivity index is 1.98. The van der Waals surface area contributed by atoms with Crippen LogP contribution in [-0.4, -0.2) is 71.3 Å². The molecule has 1 N–H and O–H groups in total. The van der Waals surface area contributed by atoms with Crippen LogP contribution in [0.1, 0.15) is 44.7 Å². The van der Waals surface area contributed by atoms with E-state index in [4.69, 9.17) is 18.9 Å². The van der Waals surface area contributed by atoms with Gasteiger partial charge in [-0.15, -0.1) is 0 Å². The number of amides is 2. The fourth-order valence-corrected chi connectivity index (χ4v) is 5.05. The van der Waals surface area contributed by atoms with Gasteiger partial charge in [0.2, 0.25) is 17.6 Å². The number of nitrogens with zero attached hydrogens (tertiary/aromatic N) is 2. The minimum absolute atomic E-state index is 0.0599. The topological polar surface area (TPSA) is 89.6 Å². The van der Waals surface area contributed by atoms with E-state index in [0.717, 1.165) is 31.6 Å². The maximum absolute atomic E-state index is 13.6. The second-order valence-corrected chi connectivity index (χ2v) is 9.18. The Hall–Kier alpha value is -3.46. The highest BCUT2D eigenvalue weighted by Gasteiger charge is 2.42. The molecule has 0 saturated carbocycles. The summed E-state index contributed by atoms with van der Waals surface area (Å²) in [4.78, 5) is 31.1. The molecule has 1 fully saturated rings. The highest BCUT2D eigenvalue weighted by molar-refractivity contribution is 5.98. The number of methoxy groups -OCH3 is 4. The number of anilines is 1. The highest BCUT2D eigenvalue weighted by atomic mass is 16.5. The van der Waals surface area contributed by atoms with Crippen molar-refractivity contribution in [3.8, 4) is 23.0 Å². The monoisotopic (exact) mass is 527 g/mol. The molecule has 2 amide bonds. The quantitative estimate of drug-likeness (QED) is 0.393. The molecule has 1 heterocycles. The number of hydrogen-bond acceptors (Lipinski definition) is 7. The molecule has 0 aromatic heterocycles. The van der Waals surface area contributed by atoms with Crippen molar-refractivity contribution in [1.82, 2.24) is 10.2 Å². The van der Waals surface area contributed by atoms with Crippen LogP contribution in [0.25, 0.3) is 0 Å². The Bertz CT molecular complexity index is 1050. The lowest BCUT2D eigenvalue weighted by atomic mass is 9.83. The number of benzene rings is 2. The third-order valence-corrected chi connectivity index (χ3v) is 7.16. The predicted octanol–water partition coefficient (Wildman–Crippen LogP) is 4.05.